The molecule has 0 atom stereocenters. The van der Waals surface area contributed by atoms with E-state index in [1.807, 2.05) is 0 Å². The van der Waals surface area contributed by atoms with E-state index in [1.54, 1.807) is 5.51 Å². The van der Waals surface area contributed by atoms with Gasteiger partial charge in [0.15, 0.2) is 0 Å². The number of nitrogens with zero attached hydrogens (tertiary/aromatic N) is 3. The van der Waals surface area contributed by atoms with E-state index in [2.05, 4.69) is 21.6 Å². The van der Waals surface area contributed by atoms with Crippen LogP contribution in [0.3, 0.4) is 0 Å². The van der Waals surface area contributed by atoms with Crippen molar-refractivity contribution in [3.63, 3.8) is 0 Å². The number of nitriles is 1. The van der Waals surface area contributed by atoms with Crippen molar-refractivity contribution in [2.45, 2.75) is 32.1 Å². The monoisotopic (exact) mass is 236 g/mol. The van der Waals surface area contributed by atoms with Crippen molar-refractivity contribution >= 4 is 22.4 Å². The predicted molar refractivity (Wildman–Crippen MR) is 59.7 cm³/mol. The summed E-state index contributed by atoms with van der Waals surface area (Å²) in [5, 5.41) is 19.7. The molecule has 1 fully saturated rings. The number of hydrogen-bond donors (Lipinski definition) is 1. The van der Waals surface area contributed by atoms with E-state index in [0.29, 0.717) is 18.0 Å². The van der Waals surface area contributed by atoms with E-state index in [9.17, 15) is 10.1 Å². The standard InChI is InChI=1S/C10H12N4OS/c11-6-10(4-2-1-3-5-10)8(15)13-9-14-12-7-16-9/h7H,1-5H2,(H,13,14,15). The molecule has 1 aliphatic carbocycles. The number of carbonyl (C=O) groups is 1. The molecule has 1 aromatic heterocycles. The van der Waals surface area contributed by atoms with Crippen LogP contribution in [0, 0.1) is 16.7 Å². The molecule has 1 aromatic rings. The van der Waals surface area contributed by atoms with Crippen LogP contribution in [0.25, 0.3) is 0 Å². The Morgan fingerprint density at radius 2 is 2.25 bits per heavy atom. The summed E-state index contributed by atoms with van der Waals surface area (Å²) in [6.45, 7) is 0. The normalized spacial score (nSPS) is 18.7. The molecule has 1 saturated carbocycles. The lowest BCUT2D eigenvalue weighted by molar-refractivity contribution is -0.124. The van der Waals surface area contributed by atoms with Gasteiger partial charge in [0.25, 0.3) is 0 Å². The second-order valence-corrected chi connectivity index (χ2v) is 4.79. The molecule has 84 valence electrons. The van der Waals surface area contributed by atoms with Crippen molar-refractivity contribution < 1.29 is 4.79 Å². The first kappa shape index (κ1) is 11.0. The summed E-state index contributed by atoms with van der Waals surface area (Å²) in [7, 11) is 0. The molecule has 6 heteroatoms. The highest BCUT2D eigenvalue weighted by Crippen LogP contribution is 2.36. The molecule has 5 nitrogen and oxygen atoms in total. The van der Waals surface area contributed by atoms with Gasteiger partial charge in [0.1, 0.15) is 10.9 Å². The van der Waals surface area contributed by atoms with Crippen molar-refractivity contribution in [2.75, 3.05) is 5.32 Å². The number of amides is 1. The Morgan fingerprint density at radius 3 is 2.81 bits per heavy atom. The Labute approximate surface area is 97.5 Å². The smallest absolute Gasteiger partial charge is 0.246 e. The zero-order valence-electron chi connectivity index (χ0n) is 8.77. The Hall–Kier alpha value is -1.48. The molecular weight excluding hydrogens is 224 g/mol. The summed E-state index contributed by atoms with van der Waals surface area (Å²) in [6.07, 6.45) is 4.28. The van der Waals surface area contributed by atoms with Crippen molar-refractivity contribution in [1.82, 2.24) is 10.2 Å². The average molecular weight is 236 g/mol. The number of aromatic nitrogens is 2. The fourth-order valence-electron chi connectivity index (χ4n) is 1.99. The zero-order valence-corrected chi connectivity index (χ0v) is 9.59. The average Bonchev–Trinajstić information content (AvgIpc) is 2.82. The van der Waals surface area contributed by atoms with Crippen LogP contribution in [-0.4, -0.2) is 16.1 Å². The van der Waals surface area contributed by atoms with E-state index < -0.39 is 5.41 Å². The lowest BCUT2D eigenvalue weighted by Crippen LogP contribution is -2.36. The molecular formula is C10H12N4OS. The first-order chi connectivity index (χ1) is 7.77. The van der Waals surface area contributed by atoms with Crippen LogP contribution in [-0.2, 0) is 4.79 Å². The van der Waals surface area contributed by atoms with Crippen LogP contribution in [0.1, 0.15) is 32.1 Å². The van der Waals surface area contributed by atoms with Gasteiger partial charge in [-0.1, -0.05) is 30.6 Å². The second-order valence-electron chi connectivity index (χ2n) is 3.95. The Bertz CT molecular complexity index is 403. The Balaban J connectivity index is 2.10. The molecule has 2 rings (SSSR count). The Kier molecular flexibility index (Phi) is 3.15. The summed E-state index contributed by atoms with van der Waals surface area (Å²) < 4.78 is 0. The summed E-state index contributed by atoms with van der Waals surface area (Å²) in [5.74, 6) is -0.230. The van der Waals surface area contributed by atoms with Crippen LogP contribution in [0.2, 0.25) is 0 Å². The van der Waals surface area contributed by atoms with Crippen LogP contribution in [0.5, 0.6) is 0 Å². The maximum atomic E-state index is 12.0. The minimum Gasteiger partial charge on any atom is -0.299 e. The van der Waals surface area contributed by atoms with E-state index in [1.165, 1.54) is 11.3 Å². The fourth-order valence-corrected chi connectivity index (χ4v) is 2.43. The third-order valence-electron chi connectivity index (χ3n) is 2.94. The highest BCUT2D eigenvalue weighted by atomic mass is 32.1. The first-order valence-corrected chi connectivity index (χ1v) is 6.14. The molecule has 16 heavy (non-hydrogen) atoms. The largest absolute Gasteiger partial charge is 0.299 e. The van der Waals surface area contributed by atoms with Gasteiger partial charge < -0.3 is 0 Å². The quantitative estimate of drug-likeness (QED) is 0.851. The van der Waals surface area contributed by atoms with Crippen molar-refractivity contribution in [3.8, 4) is 6.07 Å². The third-order valence-corrected chi connectivity index (χ3v) is 3.54. The number of carbonyl (C=O) groups excluding carboxylic acids is 1. The summed E-state index contributed by atoms with van der Waals surface area (Å²) in [6, 6.07) is 2.17. The molecule has 1 amide bonds. The molecule has 1 N–H and O–H groups in total. The lowest BCUT2D eigenvalue weighted by Gasteiger charge is -2.28. The summed E-state index contributed by atoms with van der Waals surface area (Å²) in [4.78, 5) is 12.0. The molecule has 0 unspecified atom stereocenters. The van der Waals surface area contributed by atoms with Crippen molar-refractivity contribution in [1.29, 1.82) is 5.26 Å². The number of anilines is 1. The maximum absolute atomic E-state index is 12.0. The van der Waals surface area contributed by atoms with Gasteiger partial charge in [0, 0.05) is 0 Å². The van der Waals surface area contributed by atoms with Gasteiger partial charge in [-0.2, -0.15) is 5.26 Å². The molecule has 0 aliphatic heterocycles. The van der Waals surface area contributed by atoms with Gasteiger partial charge in [-0.15, -0.1) is 10.2 Å². The van der Waals surface area contributed by atoms with Crippen molar-refractivity contribution in [2.24, 2.45) is 5.41 Å². The minimum absolute atomic E-state index is 0.230. The van der Waals surface area contributed by atoms with Gasteiger partial charge in [-0.25, -0.2) is 0 Å². The fraction of sp³-hybridized carbons (Fsp3) is 0.600. The number of nitrogens with one attached hydrogen (secondary N) is 1. The van der Waals surface area contributed by atoms with Gasteiger partial charge >= 0.3 is 0 Å². The van der Waals surface area contributed by atoms with Gasteiger partial charge in [0.05, 0.1) is 6.07 Å². The molecule has 0 aromatic carbocycles. The summed E-state index contributed by atoms with van der Waals surface area (Å²) in [5.41, 5.74) is 0.694. The highest BCUT2D eigenvalue weighted by molar-refractivity contribution is 7.13. The first-order valence-electron chi connectivity index (χ1n) is 5.26. The molecule has 1 heterocycles. The molecule has 0 radical (unpaired) electrons. The molecule has 0 saturated heterocycles. The van der Waals surface area contributed by atoms with Gasteiger partial charge in [-0.05, 0) is 12.8 Å². The number of hydrogen-bond acceptors (Lipinski definition) is 5. The second kappa shape index (κ2) is 4.58. The SMILES string of the molecule is N#CC1(C(=O)Nc2nncs2)CCCCC1. The third kappa shape index (κ3) is 2.04. The van der Waals surface area contributed by atoms with E-state index in [-0.39, 0.29) is 5.91 Å². The van der Waals surface area contributed by atoms with Gasteiger partial charge in [-0.3, -0.25) is 10.1 Å². The lowest BCUT2D eigenvalue weighted by atomic mass is 9.74. The molecule has 1 aliphatic rings. The van der Waals surface area contributed by atoms with Crippen LogP contribution >= 0.6 is 11.3 Å². The van der Waals surface area contributed by atoms with Gasteiger partial charge in [0.2, 0.25) is 11.0 Å². The number of rotatable bonds is 2. The van der Waals surface area contributed by atoms with Crippen molar-refractivity contribution in [3.05, 3.63) is 5.51 Å². The minimum atomic E-state index is -0.857. The zero-order chi connectivity index (χ0) is 11.4. The topological polar surface area (TPSA) is 78.7 Å². The van der Waals surface area contributed by atoms with Crippen LogP contribution < -0.4 is 5.32 Å². The highest BCUT2D eigenvalue weighted by Gasteiger charge is 2.40. The Morgan fingerprint density at radius 1 is 1.50 bits per heavy atom. The summed E-state index contributed by atoms with van der Waals surface area (Å²) >= 11 is 1.26. The van der Waals surface area contributed by atoms with E-state index in [4.69, 9.17) is 0 Å². The van der Waals surface area contributed by atoms with Crippen LogP contribution in [0.15, 0.2) is 5.51 Å². The van der Waals surface area contributed by atoms with E-state index >= 15 is 0 Å². The maximum Gasteiger partial charge on any atom is 0.246 e. The van der Waals surface area contributed by atoms with Crippen LogP contribution in [0.4, 0.5) is 5.13 Å². The molecule has 0 bridgehead atoms. The van der Waals surface area contributed by atoms with E-state index in [0.717, 1.165) is 19.3 Å². The predicted octanol–water partition coefficient (Wildman–Crippen LogP) is 1.95. The molecule has 0 spiro atoms.